The van der Waals surface area contributed by atoms with E-state index in [-0.39, 0.29) is 12.3 Å². The van der Waals surface area contributed by atoms with E-state index >= 15 is 0 Å². The fourth-order valence-corrected chi connectivity index (χ4v) is 1.17. The van der Waals surface area contributed by atoms with E-state index in [1.54, 1.807) is 31.2 Å². The van der Waals surface area contributed by atoms with E-state index in [1.807, 2.05) is 0 Å². The zero-order valence-corrected chi connectivity index (χ0v) is 8.92. The predicted octanol–water partition coefficient (Wildman–Crippen LogP) is 2.52. The zero-order chi connectivity index (χ0) is 12.0. The monoisotopic (exact) mass is 220 g/mol. The SMILES string of the molecule is C=CCO/N=C(\C)c1ccccc1[N+](=O)[O-]. The number of hydrogen-bond acceptors (Lipinski definition) is 4. The Morgan fingerprint density at radius 3 is 2.94 bits per heavy atom. The van der Waals surface area contributed by atoms with Gasteiger partial charge in [0, 0.05) is 6.07 Å². The molecule has 0 aliphatic carbocycles. The van der Waals surface area contributed by atoms with Crippen LogP contribution in [0.5, 0.6) is 0 Å². The smallest absolute Gasteiger partial charge is 0.278 e. The van der Waals surface area contributed by atoms with Crippen molar-refractivity contribution in [3.63, 3.8) is 0 Å². The minimum atomic E-state index is -0.443. The number of nitro groups is 1. The van der Waals surface area contributed by atoms with Crippen molar-refractivity contribution in [3.8, 4) is 0 Å². The van der Waals surface area contributed by atoms with Gasteiger partial charge in [-0.3, -0.25) is 10.1 Å². The molecular weight excluding hydrogens is 208 g/mol. The summed E-state index contributed by atoms with van der Waals surface area (Å²) in [5, 5.41) is 14.5. The molecule has 16 heavy (non-hydrogen) atoms. The van der Waals surface area contributed by atoms with Crippen molar-refractivity contribution in [3.05, 3.63) is 52.6 Å². The van der Waals surface area contributed by atoms with Gasteiger partial charge in [0.1, 0.15) is 6.61 Å². The molecule has 0 saturated carbocycles. The van der Waals surface area contributed by atoms with Crippen LogP contribution in [0, 0.1) is 10.1 Å². The number of nitro benzene ring substituents is 1. The molecule has 1 aromatic carbocycles. The fraction of sp³-hybridized carbons (Fsp3) is 0.182. The second-order valence-electron chi connectivity index (χ2n) is 3.04. The van der Waals surface area contributed by atoms with E-state index in [1.165, 1.54) is 6.07 Å². The molecule has 0 saturated heterocycles. The van der Waals surface area contributed by atoms with Crippen molar-refractivity contribution < 1.29 is 9.76 Å². The van der Waals surface area contributed by atoms with Crippen molar-refractivity contribution in [2.24, 2.45) is 5.16 Å². The van der Waals surface area contributed by atoms with Crippen molar-refractivity contribution >= 4 is 11.4 Å². The van der Waals surface area contributed by atoms with Crippen LogP contribution in [-0.4, -0.2) is 17.2 Å². The van der Waals surface area contributed by atoms with Gasteiger partial charge in [-0.25, -0.2) is 0 Å². The van der Waals surface area contributed by atoms with Crippen molar-refractivity contribution in [1.82, 2.24) is 0 Å². The van der Waals surface area contributed by atoms with Crippen LogP contribution >= 0.6 is 0 Å². The Hall–Kier alpha value is -2.17. The zero-order valence-electron chi connectivity index (χ0n) is 8.92. The molecular formula is C11H12N2O3. The van der Waals surface area contributed by atoms with Gasteiger partial charge in [-0.2, -0.15) is 0 Å². The van der Waals surface area contributed by atoms with Crippen LogP contribution in [0.15, 0.2) is 42.1 Å². The van der Waals surface area contributed by atoms with Crippen LogP contribution in [-0.2, 0) is 4.84 Å². The highest BCUT2D eigenvalue weighted by Gasteiger charge is 2.14. The number of para-hydroxylation sites is 1. The summed E-state index contributed by atoms with van der Waals surface area (Å²) in [6.07, 6.45) is 1.55. The maximum Gasteiger partial charge on any atom is 0.278 e. The van der Waals surface area contributed by atoms with E-state index < -0.39 is 4.92 Å². The molecule has 1 rings (SSSR count). The summed E-state index contributed by atoms with van der Waals surface area (Å²) in [7, 11) is 0. The lowest BCUT2D eigenvalue weighted by molar-refractivity contribution is -0.385. The first kappa shape index (κ1) is 11.9. The molecule has 5 nitrogen and oxygen atoms in total. The van der Waals surface area contributed by atoms with Gasteiger partial charge in [0.2, 0.25) is 0 Å². The van der Waals surface area contributed by atoms with Gasteiger partial charge in [0.25, 0.3) is 5.69 Å². The lowest BCUT2D eigenvalue weighted by Gasteiger charge is -2.01. The highest BCUT2D eigenvalue weighted by molar-refractivity contribution is 6.01. The molecule has 0 atom stereocenters. The lowest BCUT2D eigenvalue weighted by Crippen LogP contribution is -2.01. The van der Waals surface area contributed by atoms with Crippen LogP contribution < -0.4 is 0 Å². The number of benzene rings is 1. The first-order valence-electron chi connectivity index (χ1n) is 4.68. The molecule has 0 heterocycles. The summed E-state index contributed by atoms with van der Waals surface area (Å²) < 4.78 is 0. The third-order valence-corrected chi connectivity index (χ3v) is 1.88. The van der Waals surface area contributed by atoms with Gasteiger partial charge >= 0.3 is 0 Å². The molecule has 0 bridgehead atoms. The second kappa shape index (κ2) is 5.65. The molecule has 0 radical (unpaired) electrons. The van der Waals surface area contributed by atoms with Gasteiger partial charge < -0.3 is 4.84 Å². The number of oxime groups is 1. The summed E-state index contributed by atoms with van der Waals surface area (Å²) in [5.41, 5.74) is 0.941. The molecule has 84 valence electrons. The van der Waals surface area contributed by atoms with Crippen molar-refractivity contribution in [2.75, 3.05) is 6.61 Å². The van der Waals surface area contributed by atoms with Gasteiger partial charge in [-0.1, -0.05) is 29.9 Å². The molecule has 0 aliphatic rings. The van der Waals surface area contributed by atoms with E-state index in [4.69, 9.17) is 4.84 Å². The quantitative estimate of drug-likeness (QED) is 0.252. The molecule has 0 amide bonds. The summed E-state index contributed by atoms with van der Waals surface area (Å²) >= 11 is 0. The van der Waals surface area contributed by atoms with E-state index in [0.29, 0.717) is 11.3 Å². The number of hydrogen-bond donors (Lipinski definition) is 0. The van der Waals surface area contributed by atoms with Crippen LogP contribution in [0.3, 0.4) is 0 Å². The summed E-state index contributed by atoms with van der Waals surface area (Å²) in [5.74, 6) is 0. The van der Waals surface area contributed by atoms with Crippen molar-refractivity contribution in [2.45, 2.75) is 6.92 Å². The summed E-state index contributed by atoms with van der Waals surface area (Å²) in [6.45, 7) is 5.41. The predicted molar refractivity (Wildman–Crippen MR) is 61.5 cm³/mol. The van der Waals surface area contributed by atoms with Gasteiger partial charge in [0.05, 0.1) is 16.2 Å². The molecule has 0 spiro atoms. The second-order valence-corrected chi connectivity index (χ2v) is 3.04. The van der Waals surface area contributed by atoms with Gasteiger partial charge in [0.15, 0.2) is 0 Å². The third kappa shape index (κ3) is 2.91. The van der Waals surface area contributed by atoms with Gasteiger partial charge in [-0.15, -0.1) is 0 Å². The Kier molecular flexibility index (Phi) is 4.20. The van der Waals surface area contributed by atoms with Gasteiger partial charge in [-0.05, 0) is 13.0 Å². The van der Waals surface area contributed by atoms with E-state index in [2.05, 4.69) is 11.7 Å². The molecule has 1 aromatic rings. The lowest BCUT2D eigenvalue weighted by atomic mass is 10.1. The highest BCUT2D eigenvalue weighted by atomic mass is 16.6. The van der Waals surface area contributed by atoms with Crippen LogP contribution in [0.25, 0.3) is 0 Å². The Labute approximate surface area is 93.2 Å². The molecule has 0 N–H and O–H groups in total. The molecule has 0 aromatic heterocycles. The third-order valence-electron chi connectivity index (χ3n) is 1.88. The minimum absolute atomic E-state index is 0.0194. The van der Waals surface area contributed by atoms with E-state index in [9.17, 15) is 10.1 Å². The van der Waals surface area contributed by atoms with Crippen LogP contribution in [0.1, 0.15) is 12.5 Å². The Bertz CT molecular complexity index is 427. The normalized spacial score (nSPS) is 10.9. The van der Waals surface area contributed by atoms with Crippen LogP contribution in [0.2, 0.25) is 0 Å². The van der Waals surface area contributed by atoms with Crippen LogP contribution in [0.4, 0.5) is 5.69 Å². The first-order valence-corrected chi connectivity index (χ1v) is 4.68. The number of rotatable bonds is 5. The standard InChI is InChI=1S/C11H12N2O3/c1-3-8-16-12-9(2)10-6-4-5-7-11(10)13(14)15/h3-7H,1,8H2,2H3/b12-9+. The maximum atomic E-state index is 10.7. The molecule has 0 aliphatic heterocycles. The summed E-state index contributed by atoms with van der Waals surface area (Å²) in [6, 6.07) is 6.39. The maximum absolute atomic E-state index is 10.7. The number of nitrogens with zero attached hydrogens (tertiary/aromatic N) is 2. The Morgan fingerprint density at radius 1 is 1.62 bits per heavy atom. The largest absolute Gasteiger partial charge is 0.391 e. The molecule has 5 heteroatoms. The fourth-order valence-electron chi connectivity index (χ4n) is 1.17. The molecule has 0 fully saturated rings. The summed E-state index contributed by atoms with van der Waals surface area (Å²) in [4.78, 5) is 15.2. The Balaban J connectivity index is 2.98. The average Bonchev–Trinajstić information content (AvgIpc) is 2.29. The van der Waals surface area contributed by atoms with Crippen molar-refractivity contribution in [1.29, 1.82) is 0 Å². The molecule has 0 unspecified atom stereocenters. The highest BCUT2D eigenvalue weighted by Crippen LogP contribution is 2.18. The first-order chi connectivity index (χ1) is 7.66. The average molecular weight is 220 g/mol. The Morgan fingerprint density at radius 2 is 2.31 bits per heavy atom. The topological polar surface area (TPSA) is 64.7 Å². The van der Waals surface area contributed by atoms with E-state index in [0.717, 1.165) is 0 Å². The minimum Gasteiger partial charge on any atom is -0.391 e.